The molecule has 1 saturated heterocycles. The van der Waals surface area contributed by atoms with Crippen LogP contribution in [0.25, 0.3) is 0 Å². The van der Waals surface area contributed by atoms with Gasteiger partial charge in [0, 0.05) is 5.56 Å². The molecule has 1 aliphatic heterocycles. The van der Waals surface area contributed by atoms with Crippen molar-refractivity contribution in [3.63, 3.8) is 0 Å². The molecule has 0 amide bonds. The highest BCUT2D eigenvalue weighted by Gasteiger charge is 2.24. The van der Waals surface area contributed by atoms with Crippen LogP contribution in [0.4, 0.5) is 4.39 Å². The van der Waals surface area contributed by atoms with E-state index in [0.717, 1.165) is 6.42 Å². The first-order valence-electron chi connectivity index (χ1n) is 5.39. The number of ether oxygens (including phenoxy) is 1. The summed E-state index contributed by atoms with van der Waals surface area (Å²) in [5.41, 5.74) is 0.242. The largest absolute Gasteiger partial charge is 0.465 e. The lowest BCUT2D eigenvalue weighted by atomic mass is 10.0. The first-order valence-corrected chi connectivity index (χ1v) is 5.39. The zero-order valence-corrected chi connectivity index (χ0v) is 9.44. The van der Waals surface area contributed by atoms with E-state index in [0.29, 0.717) is 18.6 Å². The van der Waals surface area contributed by atoms with Crippen molar-refractivity contribution in [2.45, 2.75) is 18.9 Å². The Morgan fingerprint density at radius 2 is 2.35 bits per heavy atom. The van der Waals surface area contributed by atoms with E-state index in [2.05, 4.69) is 4.74 Å². The molecule has 4 nitrogen and oxygen atoms in total. The van der Waals surface area contributed by atoms with Crippen LogP contribution in [0, 0.1) is 5.82 Å². The molecule has 0 radical (unpaired) electrons. The maximum atomic E-state index is 14.1. The molecule has 2 rings (SSSR count). The fourth-order valence-corrected chi connectivity index (χ4v) is 1.78. The standard InChI is InChI=1S/C12H13FO4/c1-15-12(14)9-5-2-4-8(11(9)13)10-6-3-7-16-17-10/h2,4-5,10H,3,6-7H2,1H3. The predicted molar refractivity (Wildman–Crippen MR) is 56.8 cm³/mol. The van der Waals surface area contributed by atoms with E-state index in [1.807, 2.05) is 0 Å². The monoisotopic (exact) mass is 240 g/mol. The van der Waals surface area contributed by atoms with E-state index in [-0.39, 0.29) is 5.56 Å². The van der Waals surface area contributed by atoms with E-state index in [9.17, 15) is 9.18 Å². The predicted octanol–water partition coefficient (Wildman–Crippen LogP) is 2.40. The van der Waals surface area contributed by atoms with Gasteiger partial charge in [0.25, 0.3) is 0 Å². The Morgan fingerprint density at radius 1 is 1.53 bits per heavy atom. The topological polar surface area (TPSA) is 44.8 Å². The molecule has 92 valence electrons. The lowest BCUT2D eigenvalue weighted by Crippen LogP contribution is -2.16. The van der Waals surface area contributed by atoms with E-state index in [4.69, 9.17) is 9.78 Å². The van der Waals surface area contributed by atoms with Gasteiger partial charge in [-0.15, -0.1) is 0 Å². The molecule has 17 heavy (non-hydrogen) atoms. The van der Waals surface area contributed by atoms with Crippen molar-refractivity contribution in [2.75, 3.05) is 13.7 Å². The van der Waals surface area contributed by atoms with Gasteiger partial charge in [0.1, 0.15) is 11.9 Å². The summed E-state index contributed by atoms with van der Waals surface area (Å²) in [6.45, 7) is 0.509. The van der Waals surface area contributed by atoms with Gasteiger partial charge >= 0.3 is 5.97 Å². The maximum absolute atomic E-state index is 14.1. The minimum absolute atomic E-state index is 0.0841. The van der Waals surface area contributed by atoms with Crippen molar-refractivity contribution in [3.8, 4) is 0 Å². The lowest BCUT2D eigenvalue weighted by Gasteiger charge is -2.22. The average molecular weight is 240 g/mol. The highest BCUT2D eigenvalue weighted by molar-refractivity contribution is 5.89. The Balaban J connectivity index is 2.31. The third-order valence-electron chi connectivity index (χ3n) is 2.66. The van der Waals surface area contributed by atoms with Crippen molar-refractivity contribution < 1.29 is 23.7 Å². The van der Waals surface area contributed by atoms with Gasteiger partial charge in [-0.3, -0.25) is 0 Å². The molecule has 1 aliphatic rings. The maximum Gasteiger partial charge on any atom is 0.340 e. The summed E-state index contributed by atoms with van der Waals surface area (Å²) < 4.78 is 18.6. The summed E-state index contributed by atoms with van der Waals surface area (Å²) in [5, 5.41) is 0. The minimum atomic E-state index is -0.693. The van der Waals surface area contributed by atoms with Crippen molar-refractivity contribution in [2.24, 2.45) is 0 Å². The van der Waals surface area contributed by atoms with Gasteiger partial charge in [-0.05, 0) is 18.9 Å². The quantitative estimate of drug-likeness (QED) is 0.588. The SMILES string of the molecule is COC(=O)c1cccc(C2CCCOO2)c1F. The molecule has 1 heterocycles. The molecule has 5 heteroatoms. The zero-order valence-electron chi connectivity index (χ0n) is 9.44. The number of methoxy groups -OCH3 is 1. The van der Waals surface area contributed by atoms with Crippen LogP contribution in [0.5, 0.6) is 0 Å². The van der Waals surface area contributed by atoms with Gasteiger partial charge in [0.05, 0.1) is 19.3 Å². The molecule has 1 unspecified atom stereocenters. The molecule has 1 aromatic carbocycles. The van der Waals surface area contributed by atoms with Gasteiger partial charge in [0.2, 0.25) is 0 Å². The van der Waals surface area contributed by atoms with Crippen LogP contribution in [0.1, 0.15) is 34.9 Å². The Bertz CT molecular complexity index is 413. The van der Waals surface area contributed by atoms with E-state index < -0.39 is 17.9 Å². The normalized spacial score (nSPS) is 20.0. The van der Waals surface area contributed by atoms with E-state index >= 15 is 0 Å². The Morgan fingerprint density at radius 3 is 3.00 bits per heavy atom. The smallest absolute Gasteiger partial charge is 0.340 e. The molecule has 1 atom stereocenters. The summed E-state index contributed by atoms with van der Waals surface area (Å²) in [5.74, 6) is -1.30. The number of esters is 1. The molecule has 1 fully saturated rings. The molecule has 0 aromatic heterocycles. The van der Waals surface area contributed by atoms with Crippen LogP contribution in [-0.2, 0) is 14.5 Å². The number of carbonyl (C=O) groups excluding carboxylic acids is 1. The van der Waals surface area contributed by atoms with E-state index in [1.165, 1.54) is 13.2 Å². The number of halogens is 1. The van der Waals surface area contributed by atoms with Gasteiger partial charge in [-0.2, -0.15) is 0 Å². The first-order chi connectivity index (χ1) is 8.24. The summed E-state index contributed by atoms with van der Waals surface area (Å²) in [6, 6.07) is 4.57. The van der Waals surface area contributed by atoms with Crippen molar-refractivity contribution >= 4 is 5.97 Å². The van der Waals surface area contributed by atoms with Crippen LogP contribution in [-0.4, -0.2) is 19.7 Å². The number of carbonyl (C=O) groups is 1. The first kappa shape index (κ1) is 12.0. The van der Waals surface area contributed by atoms with E-state index in [1.54, 1.807) is 12.1 Å². The minimum Gasteiger partial charge on any atom is -0.465 e. The molecule has 1 aromatic rings. The second-order valence-corrected chi connectivity index (χ2v) is 3.75. The Kier molecular flexibility index (Phi) is 3.71. The van der Waals surface area contributed by atoms with Crippen LogP contribution >= 0.6 is 0 Å². The number of hydrogen-bond acceptors (Lipinski definition) is 4. The fraction of sp³-hybridized carbons (Fsp3) is 0.417. The second-order valence-electron chi connectivity index (χ2n) is 3.75. The number of rotatable bonds is 2. The van der Waals surface area contributed by atoms with Gasteiger partial charge in [-0.25, -0.2) is 19.0 Å². The highest BCUT2D eigenvalue weighted by Crippen LogP contribution is 2.29. The molecule has 0 bridgehead atoms. The Hall–Kier alpha value is -1.46. The molecular weight excluding hydrogens is 227 g/mol. The van der Waals surface area contributed by atoms with Crippen molar-refractivity contribution in [3.05, 3.63) is 35.1 Å². The van der Waals surface area contributed by atoms with Crippen LogP contribution < -0.4 is 0 Å². The van der Waals surface area contributed by atoms with Crippen LogP contribution in [0.15, 0.2) is 18.2 Å². The van der Waals surface area contributed by atoms with Gasteiger partial charge in [-0.1, -0.05) is 12.1 Å². The molecular formula is C12H13FO4. The van der Waals surface area contributed by atoms with Crippen LogP contribution in [0.2, 0.25) is 0 Å². The molecule has 0 aliphatic carbocycles. The van der Waals surface area contributed by atoms with Crippen LogP contribution in [0.3, 0.4) is 0 Å². The van der Waals surface area contributed by atoms with Gasteiger partial charge in [0.15, 0.2) is 0 Å². The molecule has 0 N–H and O–H groups in total. The summed E-state index contributed by atoms with van der Waals surface area (Å²) in [6.07, 6.45) is 1.00. The zero-order chi connectivity index (χ0) is 12.3. The lowest BCUT2D eigenvalue weighted by molar-refractivity contribution is -0.348. The highest BCUT2D eigenvalue weighted by atomic mass is 19.1. The Labute approximate surface area is 98.2 Å². The number of benzene rings is 1. The fourth-order valence-electron chi connectivity index (χ4n) is 1.78. The van der Waals surface area contributed by atoms with Crippen molar-refractivity contribution in [1.82, 2.24) is 0 Å². The van der Waals surface area contributed by atoms with Crippen molar-refractivity contribution in [1.29, 1.82) is 0 Å². The second kappa shape index (κ2) is 5.25. The molecule has 0 spiro atoms. The average Bonchev–Trinajstić information content (AvgIpc) is 2.39. The summed E-state index contributed by atoms with van der Waals surface area (Å²) in [4.78, 5) is 21.2. The summed E-state index contributed by atoms with van der Waals surface area (Å²) >= 11 is 0. The third kappa shape index (κ3) is 2.45. The summed E-state index contributed by atoms with van der Waals surface area (Å²) in [7, 11) is 1.22. The number of hydrogen-bond donors (Lipinski definition) is 0. The third-order valence-corrected chi connectivity index (χ3v) is 2.66. The molecule has 0 saturated carbocycles. The van der Waals surface area contributed by atoms with Gasteiger partial charge < -0.3 is 4.74 Å².